The van der Waals surface area contributed by atoms with Gasteiger partial charge in [0.05, 0.1) is 12.6 Å². The van der Waals surface area contributed by atoms with E-state index >= 15 is 0 Å². The molecule has 1 aromatic rings. The predicted molar refractivity (Wildman–Crippen MR) is 67.9 cm³/mol. The van der Waals surface area contributed by atoms with Gasteiger partial charge >= 0.3 is 0 Å². The molecule has 2 unspecified atom stereocenters. The van der Waals surface area contributed by atoms with Crippen LogP contribution in [0.15, 0.2) is 16.5 Å². The Kier molecular flexibility index (Phi) is 4.24. The summed E-state index contributed by atoms with van der Waals surface area (Å²) in [5.41, 5.74) is 0. The fourth-order valence-corrected chi connectivity index (χ4v) is 2.30. The third-order valence-corrected chi connectivity index (χ3v) is 3.42. The van der Waals surface area contributed by atoms with E-state index in [4.69, 9.17) is 9.15 Å². The maximum Gasteiger partial charge on any atom is 0.117 e. The van der Waals surface area contributed by atoms with E-state index in [1.165, 1.54) is 0 Å². The van der Waals surface area contributed by atoms with Gasteiger partial charge in [0.1, 0.15) is 11.5 Å². The van der Waals surface area contributed by atoms with Gasteiger partial charge in [-0.1, -0.05) is 13.8 Å². The highest BCUT2D eigenvalue weighted by molar-refractivity contribution is 5.05. The highest BCUT2D eigenvalue weighted by Crippen LogP contribution is 2.20. The molecule has 2 heterocycles. The molecule has 1 aliphatic rings. The van der Waals surface area contributed by atoms with Gasteiger partial charge in [0, 0.05) is 12.6 Å². The van der Waals surface area contributed by atoms with Gasteiger partial charge in [0.2, 0.25) is 0 Å². The van der Waals surface area contributed by atoms with Gasteiger partial charge in [-0.2, -0.15) is 0 Å². The summed E-state index contributed by atoms with van der Waals surface area (Å²) in [6, 6.07) is 4.61. The largest absolute Gasteiger partial charge is 0.465 e. The maximum atomic E-state index is 5.76. The maximum absolute atomic E-state index is 5.76. The second-order valence-electron chi connectivity index (χ2n) is 5.27. The van der Waals surface area contributed by atoms with Crippen molar-refractivity contribution in [2.75, 3.05) is 6.61 Å². The fourth-order valence-electron chi connectivity index (χ4n) is 2.30. The molecule has 0 aromatic carbocycles. The Bertz CT molecular complexity index is 346. The highest BCUT2D eigenvalue weighted by Gasteiger charge is 2.24. The van der Waals surface area contributed by atoms with E-state index in [1.807, 2.05) is 19.1 Å². The Hall–Kier alpha value is -0.800. The second kappa shape index (κ2) is 5.69. The van der Waals surface area contributed by atoms with E-state index in [1.54, 1.807) is 0 Å². The van der Waals surface area contributed by atoms with Crippen molar-refractivity contribution in [1.29, 1.82) is 0 Å². The van der Waals surface area contributed by atoms with Crippen LogP contribution in [0.4, 0.5) is 0 Å². The summed E-state index contributed by atoms with van der Waals surface area (Å²) in [6.45, 7) is 8.12. The normalized spacial score (nSPS) is 25.4. The SMILES string of the molecule is Cc1ccc(CNC2CCOC(C(C)C)C2)o1. The molecular formula is C14H23NO2. The quantitative estimate of drug-likeness (QED) is 0.874. The first-order valence-corrected chi connectivity index (χ1v) is 6.55. The van der Waals surface area contributed by atoms with Crippen molar-refractivity contribution < 1.29 is 9.15 Å². The third kappa shape index (κ3) is 3.58. The second-order valence-corrected chi connectivity index (χ2v) is 5.27. The third-order valence-electron chi connectivity index (χ3n) is 3.42. The van der Waals surface area contributed by atoms with Gasteiger partial charge in [0.25, 0.3) is 0 Å². The average molecular weight is 237 g/mol. The molecule has 2 rings (SSSR count). The van der Waals surface area contributed by atoms with Crippen LogP contribution in [0.5, 0.6) is 0 Å². The van der Waals surface area contributed by atoms with Crippen LogP contribution >= 0.6 is 0 Å². The minimum Gasteiger partial charge on any atom is -0.465 e. The number of ether oxygens (including phenoxy) is 1. The molecule has 3 nitrogen and oxygen atoms in total. The number of rotatable bonds is 4. The van der Waals surface area contributed by atoms with E-state index in [9.17, 15) is 0 Å². The lowest BCUT2D eigenvalue weighted by atomic mass is 9.95. The van der Waals surface area contributed by atoms with E-state index in [0.29, 0.717) is 18.1 Å². The number of aryl methyl sites for hydroxylation is 1. The minimum absolute atomic E-state index is 0.402. The summed E-state index contributed by atoms with van der Waals surface area (Å²) in [7, 11) is 0. The summed E-state index contributed by atoms with van der Waals surface area (Å²) in [4.78, 5) is 0. The Balaban J connectivity index is 1.79. The standard InChI is InChI=1S/C14H23NO2/c1-10(2)14-8-12(6-7-16-14)15-9-13-5-4-11(3)17-13/h4-5,10,12,14-15H,6-9H2,1-3H3. The molecule has 0 saturated carbocycles. The topological polar surface area (TPSA) is 34.4 Å². The zero-order chi connectivity index (χ0) is 12.3. The molecule has 2 atom stereocenters. The zero-order valence-electron chi connectivity index (χ0n) is 11.0. The molecule has 3 heteroatoms. The molecule has 0 bridgehead atoms. The van der Waals surface area contributed by atoms with Gasteiger partial charge in [-0.15, -0.1) is 0 Å². The summed E-state index contributed by atoms with van der Waals surface area (Å²) < 4.78 is 11.3. The van der Waals surface area contributed by atoms with E-state index in [-0.39, 0.29) is 0 Å². The van der Waals surface area contributed by atoms with Crippen LogP contribution < -0.4 is 5.32 Å². The van der Waals surface area contributed by atoms with Crippen LogP contribution in [0.25, 0.3) is 0 Å². The molecule has 0 spiro atoms. The van der Waals surface area contributed by atoms with E-state index in [2.05, 4.69) is 19.2 Å². The molecule has 1 aliphatic heterocycles. The van der Waals surface area contributed by atoms with Gasteiger partial charge in [-0.05, 0) is 37.8 Å². The summed E-state index contributed by atoms with van der Waals surface area (Å²) >= 11 is 0. The van der Waals surface area contributed by atoms with Crippen LogP contribution in [0.2, 0.25) is 0 Å². The number of furan rings is 1. The van der Waals surface area contributed by atoms with Crippen molar-refractivity contribution in [3.8, 4) is 0 Å². The molecule has 1 aromatic heterocycles. The van der Waals surface area contributed by atoms with Crippen molar-refractivity contribution in [3.63, 3.8) is 0 Å². The molecule has 1 N–H and O–H groups in total. The van der Waals surface area contributed by atoms with E-state index in [0.717, 1.165) is 37.5 Å². The van der Waals surface area contributed by atoms with Gasteiger partial charge in [-0.25, -0.2) is 0 Å². The van der Waals surface area contributed by atoms with Crippen molar-refractivity contribution >= 4 is 0 Å². The van der Waals surface area contributed by atoms with E-state index < -0.39 is 0 Å². The number of nitrogens with one attached hydrogen (secondary N) is 1. The molecular weight excluding hydrogens is 214 g/mol. The Labute approximate surface area is 104 Å². The minimum atomic E-state index is 0.402. The highest BCUT2D eigenvalue weighted by atomic mass is 16.5. The Morgan fingerprint density at radius 3 is 2.88 bits per heavy atom. The molecule has 96 valence electrons. The van der Waals surface area contributed by atoms with Crippen molar-refractivity contribution in [2.45, 2.75) is 52.3 Å². The van der Waals surface area contributed by atoms with Gasteiger partial charge < -0.3 is 14.5 Å². The predicted octanol–water partition coefficient (Wildman–Crippen LogP) is 2.88. The molecule has 0 aliphatic carbocycles. The molecule has 17 heavy (non-hydrogen) atoms. The van der Waals surface area contributed by atoms with Crippen LogP contribution in [0, 0.1) is 12.8 Å². The molecule has 1 fully saturated rings. The first-order valence-electron chi connectivity index (χ1n) is 6.55. The zero-order valence-corrected chi connectivity index (χ0v) is 11.0. The number of hydrogen-bond donors (Lipinski definition) is 1. The van der Waals surface area contributed by atoms with Crippen LogP contribution in [0.1, 0.15) is 38.2 Å². The first-order chi connectivity index (χ1) is 8.15. The van der Waals surface area contributed by atoms with Crippen molar-refractivity contribution in [1.82, 2.24) is 5.32 Å². The van der Waals surface area contributed by atoms with Crippen LogP contribution in [-0.2, 0) is 11.3 Å². The number of hydrogen-bond acceptors (Lipinski definition) is 3. The Morgan fingerprint density at radius 2 is 2.24 bits per heavy atom. The van der Waals surface area contributed by atoms with Crippen LogP contribution in [0.3, 0.4) is 0 Å². The summed E-state index contributed by atoms with van der Waals surface area (Å²) in [5.74, 6) is 2.61. The van der Waals surface area contributed by atoms with Crippen molar-refractivity contribution in [2.24, 2.45) is 5.92 Å². The lowest BCUT2D eigenvalue weighted by molar-refractivity contribution is -0.0247. The molecule has 0 radical (unpaired) electrons. The summed E-state index contributed by atoms with van der Waals surface area (Å²) in [5, 5.41) is 3.56. The monoisotopic (exact) mass is 237 g/mol. The van der Waals surface area contributed by atoms with Gasteiger partial charge in [0.15, 0.2) is 0 Å². The smallest absolute Gasteiger partial charge is 0.117 e. The molecule has 0 amide bonds. The van der Waals surface area contributed by atoms with Gasteiger partial charge in [-0.3, -0.25) is 0 Å². The van der Waals surface area contributed by atoms with Crippen LogP contribution in [-0.4, -0.2) is 18.8 Å². The average Bonchev–Trinajstić information content (AvgIpc) is 2.73. The molecule has 1 saturated heterocycles. The first kappa shape index (κ1) is 12.7. The van der Waals surface area contributed by atoms with Crippen molar-refractivity contribution in [3.05, 3.63) is 23.7 Å². The Morgan fingerprint density at radius 1 is 1.41 bits per heavy atom. The summed E-state index contributed by atoms with van der Waals surface area (Å²) in [6.07, 6.45) is 2.61. The lowest BCUT2D eigenvalue weighted by Crippen LogP contribution is -2.40. The fraction of sp³-hybridized carbons (Fsp3) is 0.714. The lowest BCUT2D eigenvalue weighted by Gasteiger charge is -2.32.